The lowest BCUT2D eigenvalue weighted by molar-refractivity contribution is -0.116. The van der Waals surface area contributed by atoms with E-state index < -0.39 is 0 Å². The second-order valence-corrected chi connectivity index (χ2v) is 8.80. The van der Waals surface area contributed by atoms with Gasteiger partial charge in [-0.3, -0.25) is 19.5 Å². The third kappa shape index (κ3) is 3.07. The summed E-state index contributed by atoms with van der Waals surface area (Å²) in [6.07, 6.45) is 6.37. The molecule has 1 N–H and O–H groups in total. The zero-order valence-electron chi connectivity index (χ0n) is 14.4. The van der Waals surface area contributed by atoms with Crippen molar-refractivity contribution in [3.8, 4) is 0 Å². The van der Waals surface area contributed by atoms with E-state index in [1.807, 2.05) is 0 Å². The molecule has 27 heavy (non-hydrogen) atoms. The Morgan fingerprint density at radius 3 is 3.07 bits per heavy atom. The summed E-state index contributed by atoms with van der Waals surface area (Å²) in [4.78, 5) is 31.6. The number of aromatic nitrogens is 4. The van der Waals surface area contributed by atoms with Gasteiger partial charge in [-0.15, -0.1) is 21.5 Å². The number of thiophene rings is 1. The summed E-state index contributed by atoms with van der Waals surface area (Å²) < 4.78 is 6.95. The van der Waals surface area contributed by atoms with E-state index in [-0.39, 0.29) is 24.1 Å². The summed E-state index contributed by atoms with van der Waals surface area (Å²) in [6.45, 7) is 0.637. The molecule has 1 amide bonds. The van der Waals surface area contributed by atoms with Crippen molar-refractivity contribution < 1.29 is 9.53 Å². The number of carbonyl (C=O) groups excluding carboxylic acids is 1. The van der Waals surface area contributed by atoms with Gasteiger partial charge in [0.25, 0.3) is 5.56 Å². The van der Waals surface area contributed by atoms with Crippen LogP contribution in [0.5, 0.6) is 0 Å². The lowest BCUT2D eigenvalue weighted by Crippen LogP contribution is -2.28. The molecule has 1 aliphatic carbocycles. The normalized spacial score (nSPS) is 18.9. The van der Waals surface area contributed by atoms with Crippen molar-refractivity contribution in [1.82, 2.24) is 19.7 Å². The highest BCUT2D eigenvalue weighted by Crippen LogP contribution is 2.34. The van der Waals surface area contributed by atoms with Gasteiger partial charge in [0, 0.05) is 11.5 Å². The van der Waals surface area contributed by atoms with Gasteiger partial charge in [0.15, 0.2) is 0 Å². The topological polar surface area (TPSA) is 99.0 Å². The average molecular weight is 403 g/mol. The Labute approximate surface area is 162 Å². The van der Waals surface area contributed by atoms with Crippen LogP contribution >= 0.6 is 22.7 Å². The van der Waals surface area contributed by atoms with Crippen molar-refractivity contribution in [2.75, 3.05) is 11.9 Å². The lowest BCUT2D eigenvalue weighted by atomic mass is 10.2. The van der Waals surface area contributed by atoms with Gasteiger partial charge in [-0.25, -0.2) is 4.98 Å². The summed E-state index contributed by atoms with van der Waals surface area (Å²) in [5, 5.41) is 12.7. The van der Waals surface area contributed by atoms with E-state index in [9.17, 15) is 9.59 Å². The minimum Gasteiger partial charge on any atom is -0.371 e. The van der Waals surface area contributed by atoms with Crippen molar-refractivity contribution in [1.29, 1.82) is 0 Å². The molecular weight excluding hydrogens is 386 g/mol. The fourth-order valence-corrected chi connectivity index (χ4v) is 5.70. The van der Waals surface area contributed by atoms with Crippen LogP contribution in [-0.2, 0) is 28.9 Å². The molecule has 1 aliphatic heterocycles. The monoisotopic (exact) mass is 403 g/mol. The standard InChI is InChI=1S/C17H17N5O3S2/c23-12(19-17-21-20-14(27-17)10-4-2-6-25-10)7-22-8-18-15-13(16(22)24)9-3-1-5-11(9)26-15/h8,10H,1-7H2,(H,19,21,23). The smallest absolute Gasteiger partial charge is 0.262 e. The Morgan fingerprint density at radius 2 is 2.22 bits per heavy atom. The second kappa shape index (κ2) is 6.77. The fraction of sp³-hybridized carbons (Fsp3) is 0.471. The number of nitrogens with one attached hydrogen (secondary N) is 1. The maximum atomic E-state index is 12.8. The van der Waals surface area contributed by atoms with Crippen molar-refractivity contribution in [3.63, 3.8) is 0 Å². The van der Waals surface area contributed by atoms with Gasteiger partial charge in [-0.05, 0) is 37.7 Å². The van der Waals surface area contributed by atoms with Crippen LogP contribution in [0.15, 0.2) is 11.1 Å². The average Bonchev–Trinajstić information content (AvgIpc) is 3.40. The summed E-state index contributed by atoms with van der Waals surface area (Å²) in [5.74, 6) is -0.319. The Bertz CT molecular complexity index is 1080. The van der Waals surface area contributed by atoms with E-state index in [1.165, 1.54) is 27.1 Å². The Morgan fingerprint density at radius 1 is 1.30 bits per heavy atom. The molecule has 4 heterocycles. The number of ether oxygens (including phenoxy) is 1. The highest BCUT2D eigenvalue weighted by atomic mass is 32.1. The summed E-state index contributed by atoms with van der Waals surface area (Å²) in [5.41, 5.74) is 0.972. The first kappa shape index (κ1) is 17.0. The first-order valence-corrected chi connectivity index (χ1v) is 10.6. The Balaban J connectivity index is 1.34. The predicted octanol–water partition coefficient (Wildman–Crippen LogP) is 2.29. The van der Waals surface area contributed by atoms with Gasteiger partial charge in [0.2, 0.25) is 11.0 Å². The van der Waals surface area contributed by atoms with Crippen molar-refractivity contribution in [2.24, 2.45) is 0 Å². The molecule has 10 heteroatoms. The quantitative estimate of drug-likeness (QED) is 0.718. The SMILES string of the molecule is O=C(Cn1cnc2sc3c(c2c1=O)CCC3)Nc1nnc(C2CCCO2)s1. The van der Waals surface area contributed by atoms with Gasteiger partial charge in [-0.1, -0.05) is 11.3 Å². The van der Waals surface area contributed by atoms with Crippen LogP contribution in [-0.4, -0.2) is 32.3 Å². The highest BCUT2D eigenvalue weighted by Gasteiger charge is 2.23. The van der Waals surface area contributed by atoms with Gasteiger partial charge < -0.3 is 4.74 Å². The molecule has 3 aromatic rings. The van der Waals surface area contributed by atoms with E-state index in [1.54, 1.807) is 11.3 Å². The molecule has 140 valence electrons. The number of aryl methyl sites for hydroxylation is 2. The number of fused-ring (bicyclic) bond motifs is 3. The van der Waals surface area contributed by atoms with Crippen LogP contribution in [0, 0.1) is 0 Å². The first-order chi connectivity index (χ1) is 13.2. The number of hydrogen-bond donors (Lipinski definition) is 1. The molecule has 1 fully saturated rings. The number of anilines is 1. The summed E-state index contributed by atoms with van der Waals surface area (Å²) in [7, 11) is 0. The Hall–Kier alpha value is -2.17. The zero-order chi connectivity index (χ0) is 18.4. The molecule has 1 unspecified atom stereocenters. The van der Waals surface area contributed by atoms with E-state index in [0.717, 1.165) is 54.1 Å². The highest BCUT2D eigenvalue weighted by molar-refractivity contribution is 7.18. The lowest BCUT2D eigenvalue weighted by Gasteiger charge is -2.05. The van der Waals surface area contributed by atoms with Gasteiger partial charge >= 0.3 is 0 Å². The molecule has 1 saturated heterocycles. The van der Waals surface area contributed by atoms with Crippen LogP contribution in [0.1, 0.15) is 40.8 Å². The van der Waals surface area contributed by atoms with Crippen LogP contribution in [0.4, 0.5) is 5.13 Å². The van der Waals surface area contributed by atoms with E-state index in [4.69, 9.17) is 4.74 Å². The molecule has 1 atom stereocenters. The fourth-order valence-electron chi connectivity index (χ4n) is 3.63. The first-order valence-electron chi connectivity index (χ1n) is 8.93. The number of carbonyl (C=O) groups is 1. The molecule has 0 bridgehead atoms. The van der Waals surface area contributed by atoms with E-state index in [0.29, 0.717) is 10.5 Å². The van der Waals surface area contributed by atoms with Gasteiger partial charge in [0.1, 0.15) is 22.5 Å². The molecule has 8 nitrogen and oxygen atoms in total. The van der Waals surface area contributed by atoms with Crippen LogP contribution < -0.4 is 10.9 Å². The molecule has 2 aliphatic rings. The summed E-state index contributed by atoms with van der Waals surface area (Å²) in [6, 6.07) is 0. The molecule has 0 saturated carbocycles. The third-order valence-corrected chi connectivity index (χ3v) is 7.03. The molecule has 3 aromatic heterocycles. The summed E-state index contributed by atoms with van der Waals surface area (Å²) >= 11 is 2.91. The number of hydrogen-bond acceptors (Lipinski definition) is 8. The molecule has 0 spiro atoms. The van der Waals surface area contributed by atoms with Gasteiger partial charge in [0.05, 0.1) is 11.7 Å². The van der Waals surface area contributed by atoms with Crippen LogP contribution in [0.3, 0.4) is 0 Å². The van der Waals surface area contributed by atoms with Gasteiger partial charge in [-0.2, -0.15) is 0 Å². The molecule has 0 aromatic carbocycles. The third-order valence-electron chi connectivity index (χ3n) is 4.90. The van der Waals surface area contributed by atoms with Crippen LogP contribution in [0.2, 0.25) is 0 Å². The zero-order valence-corrected chi connectivity index (χ0v) is 16.1. The van der Waals surface area contributed by atoms with Crippen molar-refractivity contribution >= 4 is 43.9 Å². The maximum absolute atomic E-state index is 12.8. The maximum Gasteiger partial charge on any atom is 0.262 e. The molecular formula is C17H17N5O3S2. The number of amides is 1. The molecule has 0 radical (unpaired) electrons. The van der Waals surface area contributed by atoms with Crippen LogP contribution in [0.25, 0.3) is 10.2 Å². The second-order valence-electron chi connectivity index (χ2n) is 6.71. The van der Waals surface area contributed by atoms with E-state index in [2.05, 4.69) is 20.5 Å². The predicted molar refractivity (Wildman–Crippen MR) is 102 cm³/mol. The Kier molecular flexibility index (Phi) is 4.25. The minimum absolute atomic E-state index is 0.0249. The number of nitrogens with zero attached hydrogens (tertiary/aromatic N) is 4. The largest absolute Gasteiger partial charge is 0.371 e. The van der Waals surface area contributed by atoms with E-state index >= 15 is 0 Å². The van der Waals surface area contributed by atoms with Crippen molar-refractivity contribution in [3.05, 3.63) is 32.1 Å². The molecule has 5 rings (SSSR count). The number of rotatable bonds is 4. The van der Waals surface area contributed by atoms with Crippen molar-refractivity contribution in [2.45, 2.75) is 44.8 Å². The minimum atomic E-state index is -0.319.